The fourth-order valence-electron chi connectivity index (χ4n) is 4.00. The van der Waals surface area contributed by atoms with Gasteiger partial charge in [-0.25, -0.2) is 0 Å². The van der Waals surface area contributed by atoms with E-state index in [-0.39, 0.29) is 27.7 Å². The second kappa shape index (κ2) is 6.87. The zero-order valence-corrected chi connectivity index (χ0v) is 20.3. The number of hydrogen-bond donors (Lipinski definition) is 3. The molecule has 0 aliphatic carbocycles. The van der Waals surface area contributed by atoms with Gasteiger partial charge in [0.25, 0.3) is 0 Å². The van der Waals surface area contributed by atoms with Crippen molar-refractivity contribution in [1.29, 1.82) is 0 Å². The van der Waals surface area contributed by atoms with Gasteiger partial charge in [-0.3, -0.25) is 0 Å². The van der Waals surface area contributed by atoms with Crippen LogP contribution in [0.5, 0.6) is 0 Å². The van der Waals surface area contributed by atoms with Crippen LogP contribution in [0.4, 0.5) is 26.3 Å². The van der Waals surface area contributed by atoms with Gasteiger partial charge in [-0.2, -0.15) is 0 Å². The molecule has 0 aromatic heterocycles. The van der Waals surface area contributed by atoms with Crippen molar-refractivity contribution in [2.24, 2.45) is 5.92 Å². The Bertz CT molecular complexity index is 705. The van der Waals surface area contributed by atoms with Crippen molar-refractivity contribution in [3.63, 3.8) is 0 Å². The predicted octanol–water partition coefficient (Wildman–Crippen LogP) is -0.288. The maximum absolute atomic E-state index is 13.0. The molecule has 0 aromatic rings. The number of halogens is 8. The Kier molecular flexibility index (Phi) is 5.43. The molecule has 3 N–H and O–H groups in total. The topological polar surface area (TPSA) is 90.4 Å². The molecule has 2 bridgehead atoms. The first-order valence-electron chi connectivity index (χ1n) is 8.67. The molecule has 0 amide bonds. The molecular formula is C15H19F6I2N2O3S-. The third-order valence-corrected chi connectivity index (χ3v) is 17.2. The van der Waals surface area contributed by atoms with E-state index in [0.29, 0.717) is 0 Å². The van der Waals surface area contributed by atoms with Gasteiger partial charge in [0.05, 0.1) is 0 Å². The number of hydrogen-bond acceptors (Lipinski definition) is 6. The van der Waals surface area contributed by atoms with Gasteiger partial charge in [0.2, 0.25) is 0 Å². The Hall–Kier alpha value is 0.740. The molecule has 4 rings (SSSR count). The number of alkyl halides is 9. The van der Waals surface area contributed by atoms with Crippen molar-refractivity contribution in [3.8, 4) is 0 Å². The zero-order valence-electron chi connectivity index (χ0n) is 15.1. The Balaban J connectivity index is 1.39. The normalized spacial score (nSPS) is 36.0. The van der Waals surface area contributed by atoms with E-state index in [1.165, 1.54) is 11.8 Å². The number of carbonyl (C=O) groups is 1. The molecule has 0 aromatic carbocycles. The molecule has 4 fully saturated rings. The maximum atomic E-state index is 13.0. The summed E-state index contributed by atoms with van der Waals surface area (Å²) in [6, 6.07) is 0. The summed E-state index contributed by atoms with van der Waals surface area (Å²) in [6.07, 6.45) is -13.3. The Morgan fingerprint density at radius 2 is 1.76 bits per heavy atom. The molecule has 4 aliphatic rings. The van der Waals surface area contributed by atoms with E-state index in [9.17, 15) is 36.2 Å². The summed E-state index contributed by atoms with van der Waals surface area (Å²) in [5.74, 6) is -1.27. The van der Waals surface area contributed by atoms with Gasteiger partial charge in [0.15, 0.2) is 0 Å². The molecular weight excluding hydrogens is 656 g/mol. The van der Waals surface area contributed by atoms with Crippen LogP contribution in [0.3, 0.4) is 0 Å². The summed E-state index contributed by atoms with van der Waals surface area (Å²) in [5.41, 5.74) is -4.72. The van der Waals surface area contributed by atoms with Crippen LogP contribution < -0.4 is 28.3 Å². The standard InChI is InChI=1S/C15H19F6I2N2O3S/c1-11(22-2,15-23(24-15)25-15)10(26)28-7-4-8-6(3-9(7)29-8)5-12(27,13(16,17)18)14(19,20)21/h6-9,24-25,27H,3-5H2,1-2H3/q-1. The first-order chi connectivity index (χ1) is 13.2. The molecule has 4 aliphatic heterocycles. The zero-order chi connectivity index (χ0) is 21.6. The van der Waals surface area contributed by atoms with Crippen molar-refractivity contribution >= 4 is 38.1 Å². The quantitative estimate of drug-likeness (QED) is 0.0683. The minimum atomic E-state index is -5.80. The van der Waals surface area contributed by atoms with Crippen molar-refractivity contribution in [1.82, 2.24) is 7.06 Å². The summed E-state index contributed by atoms with van der Waals surface area (Å²) in [4.78, 5) is 14.8. The van der Waals surface area contributed by atoms with E-state index in [1.54, 1.807) is 0 Å². The van der Waals surface area contributed by atoms with Crippen LogP contribution in [0.1, 0.15) is 26.2 Å². The van der Waals surface area contributed by atoms with Crippen molar-refractivity contribution in [3.05, 3.63) is 0 Å². The average Bonchev–Trinajstić information content (AvgIpc) is 3.38. The van der Waals surface area contributed by atoms with Gasteiger partial charge >= 0.3 is 186 Å². The molecule has 4 heterocycles. The van der Waals surface area contributed by atoms with Crippen LogP contribution in [0.2, 0.25) is 0 Å². The predicted molar refractivity (Wildman–Crippen MR) is 96.8 cm³/mol. The minimum absolute atomic E-state index is 0.0553. The average molecular weight is 675 g/mol. The molecule has 29 heavy (non-hydrogen) atoms. The third-order valence-electron chi connectivity index (χ3n) is 6.11. The summed E-state index contributed by atoms with van der Waals surface area (Å²) >= 11 is -0.609. The van der Waals surface area contributed by atoms with Crippen LogP contribution in [0, 0.1) is 5.92 Å². The van der Waals surface area contributed by atoms with Crippen molar-refractivity contribution in [2.75, 3.05) is 4.93 Å². The van der Waals surface area contributed by atoms with Crippen molar-refractivity contribution < 1.29 is 62.2 Å². The molecule has 5 nitrogen and oxygen atoms in total. The number of thioether (sulfide) groups is 1. The molecule has 4 saturated heterocycles. The van der Waals surface area contributed by atoms with Gasteiger partial charge in [-0.15, -0.1) is 0 Å². The van der Waals surface area contributed by atoms with E-state index >= 15 is 0 Å². The second-order valence-electron chi connectivity index (χ2n) is 7.77. The van der Waals surface area contributed by atoms with E-state index in [0.717, 1.165) is 0 Å². The molecule has 0 saturated carbocycles. The fourth-order valence-corrected chi connectivity index (χ4v) is 16.2. The van der Waals surface area contributed by atoms with E-state index < -0.39 is 86.6 Å². The van der Waals surface area contributed by atoms with Gasteiger partial charge in [-0.1, -0.05) is 0 Å². The number of aliphatic hydroxyl groups is 1. The van der Waals surface area contributed by atoms with E-state index in [2.05, 4.69) is 7.06 Å². The van der Waals surface area contributed by atoms with E-state index in [1.807, 2.05) is 11.9 Å². The van der Waals surface area contributed by atoms with Crippen LogP contribution >= 0.6 is 32.1 Å². The summed E-state index contributed by atoms with van der Waals surface area (Å²) in [6.45, 7) is 1.86. The van der Waals surface area contributed by atoms with Gasteiger partial charge in [0, 0.05) is 0 Å². The van der Waals surface area contributed by atoms with Gasteiger partial charge in [-0.05, 0) is 0 Å². The second-order valence-corrected chi connectivity index (χ2v) is 16.8. The molecule has 0 spiro atoms. The van der Waals surface area contributed by atoms with E-state index in [4.69, 9.17) is 4.74 Å². The number of carbonyl (C=O) groups excluding carboxylic acids is 1. The SMILES string of the molecule is C[I-]C(C)(C(=O)OC1CC2SC1CC2CC(O)(C(F)(F)F)C(F)(F)F)C12NI1N2. The summed E-state index contributed by atoms with van der Waals surface area (Å²) in [7, 11) is 0. The van der Waals surface area contributed by atoms with Crippen LogP contribution in [0.25, 0.3) is 0 Å². The van der Waals surface area contributed by atoms with Crippen LogP contribution in [0.15, 0.2) is 0 Å². The first-order valence-corrected chi connectivity index (χ1v) is 16.1. The van der Waals surface area contributed by atoms with Crippen molar-refractivity contribution in [2.45, 2.75) is 67.8 Å². The number of rotatable bonds is 6. The summed E-state index contributed by atoms with van der Waals surface area (Å²) < 4.78 is 89.4. The van der Waals surface area contributed by atoms with Gasteiger partial charge < -0.3 is 0 Å². The van der Waals surface area contributed by atoms with Gasteiger partial charge in [0.1, 0.15) is 0 Å². The van der Waals surface area contributed by atoms with Crippen LogP contribution in [-0.2, 0) is 9.53 Å². The molecule has 0 radical (unpaired) electrons. The molecule has 14 heteroatoms. The Labute approximate surface area is 185 Å². The number of esters is 1. The monoisotopic (exact) mass is 675 g/mol. The first kappa shape index (κ1) is 22.9. The third kappa shape index (κ3) is 3.40. The Morgan fingerprint density at radius 1 is 1.21 bits per heavy atom. The molecule has 170 valence electrons. The number of ether oxygens (including phenoxy) is 1. The fraction of sp³-hybridized carbons (Fsp3) is 0.933. The molecule has 5 unspecified atom stereocenters. The Morgan fingerprint density at radius 3 is 2.14 bits per heavy atom. The number of nitrogens with one attached hydrogen (secondary N) is 2. The molecule has 5 atom stereocenters. The van der Waals surface area contributed by atoms with Crippen LogP contribution in [-0.4, -0.2) is 57.7 Å². The summed E-state index contributed by atoms with van der Waals surface area (Å²) in [5, 5.41) is 8.63. The number of fused-ring (bicyclic) bond motifs is 3.